The van der Waals surface area contributed by atoms with Crippen molar-refractivity contribution >= 4 is 35.5 Å². The van der Waals surface area contributed by atoms with Gasteiger partial charge in [-0.15, -0.1) is 0 Å². The second-order valence-corrected chi connectivity index (χ2v) is 6.24. The molecule has 136 valence electrons. The summed E-state index contributed by atoms with van der Waals surface area (Å²) in [5.74, 6) is -2.35. The van der Waals surface area contributed by atoms with Gasteiger partial charge in [-0.3, -0.25) is 4.98 Å². The van der Waals surface area contributed by atoms with Gasteiger partial charge in [-0.05, 0) is 37.0 Å². The predicted molar refractivity (Wildman–Crippen MR) is 92.0 cm³/mol. The molecule has 1 aromatic heterocycles. The molecule has 8 heteroatoms. The van der Waals surface area contributed by atoms with Crippen LogP contribution in [0.5, 0.6) is 0 Å². The summed E-state index contributed by atoms with van der Waals surface area (Å²) in [5.41, 5.74) is -1.88. The number of benzene rings is 1. The van der Waals surface area contributed by atoms with Crippen LogP contribution >= 0.6 is 0 Å². The summed E-state index contributed by atoms with van der Waals surface area (Å²) in [6, 6.07) is 4.65. The van der Waals surface area contributed by atoms with Crippen LogP contribution in [0.15, 0.2) is 24.3 Å². The zero-order valence-electron chi connectivity index (χ0n) is 13.9. The SMILES string of the molecule is Cc1ccc(-c2cc(C(F)(F)F)c(C(=O)O)c(CC(C)C)n2)cc1F.[NaH]. The van der Waals surface area contributed by atoms with E-state index in [2.05, 4.69) is 4.98 Å². The monoisotopic (exact) mass is 379 g/mol. The zero-order chi connectivity index (χ0) is 18.9. The van der Waals surface area contributed by atoms with E-state index in [9.17, 15) is 27.5 Å². The van der Waals surface area contributed by atoms with E-state index < -0.39 is 29.1 Å². The molecule has 0 spiro atoms. The van der Waals surface area contributed by atoms with Crippen LogP contribution in [0.2, 0.25) is 0 Å². The van der Waals surface area contributed by atoms with Gasteiger partial charge in [0.25, 0.3) is 0 Å². The van der Waals surface area contributed by atoms with Crippen LogP contribution in [0.1, 0.15) is 41.0 Å². The van der Waals surface area contributed by atoms with E-state index in [1.165, 1.54) is 19.1 Å². The van der Waals surface area contributed by atoms with Crippen LogP contribution in [0.3, 0.4) is 0 Å². The van der Waals surface area contributed by atoms with Crippen LogP contribution in [-0.4, -0.2) is 45.6 Å². The molecular formula is C18H18F4NNaO2. The number of carbonyl (C=O) groups is 1. The van der Waals surface area contributed by atoms with Crippen molar-refractivity contribution < 1.29 is 27.5 Å². The van der Waals surface area contributed by atoms with Gasteiger partial charge in [0.15, 0.2) is 0 Å². The van der Waals surface area contributed by atoms with E-state index in [1.807, 2.05) is 0 Å². The summed E-state index contributed by atoms with van der Waals surface area (Å²) < 4.78 is 54.0. The molecule has 26 heavy (non-hydrogen) atoms. The number of pyridine rings is 1. The van der Waals surface area contributed by atoms with Crippen LogP contribution in [0.25, 0.3) is 11.3 Å². The number of carboxylic acids is 1. The summed E-state index contributed by atoms with van der Waals surface area (Å²) in [6.07, 6.45) is -4.80. The molecule has 0 aliphatic carbocycles. The van der Waals surface area contributed by atoms with Crippen molar-refractivity contribution in [2.45, 2.75) is 33.4 Å². The maximum absolute atomic E-state index is 13.8. The fraction of sp³-hybridized carbons (Fsp3) is 0.333. The van der Waals surface area contributed by atoms with Gasteiger partial charge in [0.1, 0.15) is 5.82 Å². The van der Waals surface area contributed by atoms with Gasteiger partial charge >= 0.3 is 41.7 Å². The molecule has 0 radical (unpaired) electrons. The van der Waals surface area contributed by atoms with E-state index in [0.29, 0.717) is 11.6 Å². The fourth-order valence-electron chi connectivity index (χ4n) is 2.49. The third-order valence-corrected chi connectivity index (χ3v) is 3.68. The van der Waals surface area contributed by atoms with E-state index in [1.54, 1.807) is 13.8 Å². The number of halogens is 4. The van der Waals surface area contributed by atoms with Gasteiger partial charge in [0.05, 0.1) is 22.5 Å². The van der Waals surface area contributed by atoms with Gasteiger partial charge in [0, 0.05) is 5.56 Å². The molecule has 0 bridgehead atoms. The van der Waals surface area contributed by atoms with E-state index in [4.69, 9.17) is 0 Å². The molecular weight excluding hydrogens is 361 g/mol. The van der Waals surface area contributed by atoms with Crippen molar-refractivity contribution in [3.63, 3.8) is 0 Å². The third kappa shape index (κ3) is 5.05. The van der Waals surface area contributed by atoms with Crippen LogP contribution in [0.4, 0.5) is 17.6 Å². The van der Waals surface area contributed by atoms with E-state index in [-0.39, 0.29) is 58.8 Å². The topological polar surface area (TPSA) is 50.2 Å². The molecule has 0 saturated heterocycles. The predicted octanol–water partition coefficient (Wildman–Crippen LogP) is 4.46. The summed E-state index contributed by atoms with van der Waals surface area (Å²) in [4.78, 5) is 15.5. The number of nitrogens with zero attached hydrogens (tertiary/aromatic N) is 1. The number of hydrogen-bond donors (Lipinski definition) is 1. The molecule has 1 aromatic carbocycles. The fourth-order valence-corrected chi connectivity index (χ4v) is 2.49. The Labute approximate surface area is 170 Å². The van der Waals surface area contributed by atoms with Crippen LogP contribution in [-0.2, 0) is 12.6 Å². The summed E-state index contributed by atoms with van der Waals surface area (Å²) >= 11 is 0. The summed E-state index contributed by atoms with van der Waals surface area (Å²) in [6.45, 7) is 5.03. The number of aromatic carboxylic acids is 1. The molecule has 3 nitrogen and oxygen atoms in total. The number of rotatable bonds is 4. The first-order valence-electron chi connectivity index (χ1n) is 7.61. The number of alkyl halides is 3. The average Bonchev–Trinajstić information content (AvgIpc) is 2.47. The third-order valence-electron chi connectivity index (χ3n) is 3.68. The molecule has 0 fully saturated rings. The Kier molecular flexibility index (Phi) is 7.39. The first-order valence-corrected chi connectivity index (χ1v) is 7.61. The van der Waals surface area contributed by atoms with E-state index in [0.717, 1.165) is 6.07 Å². The molecule has 2 aromatic rings. The molecule has 1 N–H and O–H groups in total. The minimum atomic E-state index is -4.86. The second-order valence-electron chi connectivity index (χ2n) is 6.24. The summed E-state index contributed by atoms with van der Waals surface area (Å²) in [7, 11) is 0. The summed E-state index contributed by atoms with van der Waals surface area (Å²) in [5, 5.41) is 9.26. The number of aromatic nitrogens is 1. The van der Waals surface area contributed by atoms with Crippen molar-refractivity contribution in [2.75, 3.05) is 0 Å². The Morgan fingerprint density at radius 1 is 1.23 bits per heavy atom. The first-order chi connectivity index (χ1) is 11.5. The van der Waals surface area contributed by atoms with Crippen molar-refractivity contribution in [2.24, 2.45) is 5.92 Å². The Balaban J connectivity index is 0.00000338. The standard InChI is InChI=1S/C18H17F4NO2.Na.H/c1-9(2)6-15-16(17(24)25)12(18(20,21)22)8-14(23-15)11-5-4-10(3)13(19)7-11;;/h4-5,7-9H,6H2,1-3H3,(H,24,25);;. The molecule has 2 rings (SSSR count). The Morgan fingerprint density at radius 2 is 1.85 bits per heavy atom. The molecule has 1 heterocycles. The van der Waals surface area contributed by atoms with Crippen molar-refractivity contribution in [3.8, 4) is 11.3 Å². The maximum atomic E-state index is 13.8. The zero-order valence-corrected chi connectivity index (χ0v) is 13.9. The molecule has 0 saturated carbocycles. The Bertz CT molecular complexity index is 820. The van der Waals surface area contributed by atoms with Crippen LogP contribution < -0.4 is 0 Å². The van der Waals surface area contributed by atoms with E-state index >= 15 is 0 Å². The average molecular weight is 379 g/mol. The van der Waals surface area contributed by atoms with Gasteiger partial charge in [-0.25, -0.2) is 9.18 Å². The quantitative estimate of drug-likeness (QED) is 0.630. The number of carboxylic acid groups (broad SMARTS) is 1. The van der Waals surface area contributed by atoms with Gasteiger partial charge in [0.2, 0.25) is 0 Å². The molecule has 0 aliphatic rings. The van der Waals surface area contributed by atoms with Gasteiger partial charge < -0.3 is 5.11 Å². The van der Waals surface area contributed by atoms with Gasteiger partial charge in [-0.2, -0.15) is 13.2 Å². The minimum absolute atomic E-state index is 0. The van der Waals surface area contributed by atoms with Gasteiger partial charge in [-0.1, -0.05) is 26.0 Å². The van der Waals surface area contributed by atoms with Crippen molar-refractivity contribution in [3.05, 3.63) is 52.5 Å². The number of hydrogen-bond acceptors (Lipinski definition) is 2. The molecule has 0 aliphatic heterocycles. The normalized spacial score (nSPS) is 11.4. The van der Waals surface area contributed by atoms with Crippen molar-refractivity contribution in [1.29, 1.82) is 0 Å². The second kappa shape index (κ2) is 8.50. The molecule has 0 amide bonds. The van der Waals surface area contributed by atoms with Crippen molar-refractivity contribution in [1.82, 2.24) is 4.98 Å². The Morgan fingerprint density at radius 3 is 2.31 bits per heavy atom. The first kappa shape index (κ1) is 22.6. The van der Waals surface area contributed by atoms with Crippen LogP contribution in [0, 0.1) is 18.7 Å². The number of aryl methyl sites for hydroxylation is 1. The molecule has 0 unspecified atom stereocenters. The Hall–Kier alpha value is -1.44. The molecule has 0 atom stereocenters.